The molecule has 0 aliphatic carbocycles. The van der Waals surface area contributed by atoms with Crippen LogP contribution in [0, 0.1) is 5.82 Å². The van der Waals surface area contributed by atoms with Crippen LogP contribution in [0.15, 0.2) is 60.8 Å². The Labute approximate surface area is 176 Å². The number of halogens is 1. The zero-order valence-electron chi connectivity index (χ0n) is 16.5. The number of hydrogen-bond donors (Lipinski definition) is 1. The molecule has 0 radical (unpaired) electrons. The molecule has 2 aromatic carbocycles. The second-order valence-corrected chi connectivity index (χ2v) is 6.82. The van der Waals surface area contributed by atoms with Crippen LogP contribution in [-0.2, 0) is 6.61 Å². The van der Waals surface area contributed by atoms with E-state index in [2.05, 4.69) is 20.3 Å². The van der Waals surface area contributed by atoms with Crippen molar-refractivity contribution in [3.8, 4) is 22.8 Å². The molecule has 0 spiro atoms. The number of nitrogens with zero attached hydrogens (tertiary/aromatic N) is 5. The van der Waals surface area contributed by atoms with Crippen LogP contribution in [0.4, 0.5) is 10.1 Å². The third kappa shape index (κ3) is 3.46. The Kier molecular flexibility index (Phi) is 4.55. The van der Waals surface area contributed by atoms with Gasteiger partial charge in [-0.15, -0.1) is 10.2 Å². The summed E-state index contributed by atoms with van der Waals surface area (Å²) in [5.74, 6) is 1.39. The fraction of sp³-hybridized carbons (Fsp3) is 0.0909. The molecule has 0 fully saturated rings. The van der Waals surface area contributed by atoms with E-state index in [9.17, 15) is 4.39 Å². The second kappa shape index (κ2) is 7.52. The SMILES string of the molecule is COc1ccc2c(OCc3nnc4ccc(-c5ccc(N)c(F)c5)nn34)ccnc2c1. The van der Waals surface area contributed by atoms with Crippen LogP contribution in [0.1, 0.15) is 5.82 Å². The number of methoxy groups -OCH3 is 1. The average Bonchev–Trinajstić information content (AvgIpc) is 3.21. The number of nitrogen functional groups attached to an aromatic ring is 1. The minimum absolute atomic E-state index is 0.0883. The van der Waals surface area contributed by atoms with E-state index >= 15 is 0 Å². The quantitative estimate of drug-likeness (QED) is 0.437. The molecule has 8 nitrogen and oxygen atoms in total. The standard InChI is InChI=1S/C22H17FN6O2/c1-30-14-3-4-15-19(11-14)25-9-8-20(15)31-12-22-27-26-21-7-6-18(28-29(21)22)13-2-5-17(24)16(23)10-13/h2-11H,12,24H2,1H3. The largest absolute Gasteiger partial charge is 0.497 e. The molecular formula is C22H17FN6O2. The van der Waals surface area contributed by atoms with Gasteiger partial charge in [0.05, 0.1) is 24.0 Å². The number of pyridine rings is 1. The lowest BCUT2D eigenvalue weighted by atomic mass is 10.1. The first-order valence-electron chi connectivity index (χ1n) is 9.44. The second-order valence-electron chi connectivity index (χ2n) is 6.82. The van der Waals surface area contributed by atoms with Crippen LogP contribution in [0.3, 0.4) is 0 Å². The van der Waals surface area contributed by atoms with Gasteiger partial charge in [-0.3, -0.25) is 4.98 Å². The van der Waals surface area contributed by atoms with Crippen molar-refractivity contribution in [1.29, 1.82) is 0 Å². The van der Waals surface area contributed by atoms with Crippen LogP contribution in [0.2, 0.25) is 0 Å². The zero-order chi connectivity index (χ0) is 21.4. The molecule has 0 saturated carbocycles. The smallest absolute Gasteiger partial charge is 0.192 e. The maximum Gasteiger partial charge on any atom is 0.192 e. The van der Waals surface area contributed by atoms with Crippen molar-refractivity contribution in [3.63, 3.8) is 0 Å². The Hall–Kier alpha value is -4.27. The van der Waals surface area contributed by atoms with Gasteiger partial charge in [0, 0.05) is 23.2 Å². The molecule has 0 aliphatic rings. The minimum Gasteiger partial charge on any atom is -0.497 e. The van der Waals surface area contributed by atoms with E-state index in [1.54, 1.807) is 42.1 Å². The number of benzene rings is 2. The van der Waals surface area contributed by atoms with E-state index in [0.717, 1.165) is 16.7 Å². The molecule has 0 atom stereocenters. The molecule has 154 valence electrons. The van der Waals surface area contributed by atoms with Crippen LogP contribution >= 0.6 is 0 Å². The lowest BCUT2D eigenvalue weighted by Gasteiger charge is -2.09. The highest BCUT2D eigenvalue weighted by atomic mass is 19.1. The van der Waals surface area contributed by atoms with Crippen molar-refractivity contribution in [3.05, 3.63) is 72.4 Å². The van der Waals surface area contributed by atoms with E-state index in [1.165, 1.54) is 12.1 Å². The minimum atomic E-state index is -0.493. The summed E-state index contributed by atoms with van der Waals surface area (Å²) in [5, 5.41) is 13.7. The first kappa shape index (κ1) is 18.7. The van der Waals surface area contributed by atoms with Gasteiger partial charge in [-0.2, -0.15) is 9.61 Å². The molecule has 5 rings (SSSR count). The predicted molar refractivity (Wildman–Crippen MR) is 113 cm³/mol. The molecule has 3 heterocycles. The maximum atomic E-state index is 13.9. The van der Waals surface area contributed by atoms with Gasteiger partial charge >= 0.3 is 0 Å². The van der Waals surface area contributed by atoms with Crippen molar-refractivity contribution >= 4 is 22.2 Å². The molecule has 0 saturated heterocycles. The summed E-state index contributed by atoms with van der Waals surface area (Å²) in [5.41, 5.74) is 8.14. The molecule has 0 amide bonds. The number of fused-ring (bicyclic) bond motifs is 2. The third-order valence-corrected chi connectivity index (χ3v) is 4.89. The number of hydrogen-bond acceptors (Lipinski definition) is 7. The molecule has 31 heavy (non-hydrogen) atoms. The lowest BCUT2D eigenvalue weighted by Crippen LogP contribution is -2.05. The summed E-state index contributed by atoms with van der Waals surface area (Å²) in [7, 11) is 1.61. The summed E-state index contributed by atoms with van der Waals surface area (Å²) in [6.45, 7) is 0.138. The van der Waals surface area contributed by atoms with Crippen LogP contribution in [0.5, 0.6) is 11.5 Å². The van der Waals surface area contributed by atoms with Crippen molar-refractivity contribution in [1.82, 2.24) is 24.8 Å². The van der Waals surface area contributed by atoms with Gasteiger partial charge in [0.25, 0.3) is 0 Å². The number of ether oxygens (including phenoxy) is 2. The summed E-state index contributed by atoms with van der Waals surface area (Å²) in [6.07, 6.45) is 1.67. The topological polar surface area (TPSA) is 100 Å². The summed E-state index contributed by atoms with van der Waals surface area (Å²) < 4.78 is 26.7. The van der Waals surface area contributed by atoms with Gasteiger partial charge in [0.15, 0.2) is 11.5 Å². The fourth-order valence-electron chi connectivity index (χ4n) is 3.26. The Balaban J connectivity index is 1.46. The normalized spacial score (nSPS) is 11.2. The summed E-state index contributed by atoms with van der Waals surface area (Å²) in [6, 6.07) is 15.5. The zero-order valence-corrected chi connectivity index (χ0v) is 16.5. The molecule has 3 aromatic heterocycles. The monoisotopic (exact) mass is 416 g/mol. The van der Waals surface area contributed by atoms with Crippen molar-refractivity contribution < 1.29 is 13.9 Å². The van der Waals surface area contributed by atoms with E-state index in [1.807, 2.05) is 18.2 Å². The summed E-state index contributed by atoms with van der Waals surface area (Å²) in [4.78, 5) is 4.36. The Morgan fingerprint density at radius 3 is 2.77 bits per heavy atom. The number of nitrogens with two attached hydrogens (primary N) is 1. The van der Waals surface area contributed by atoms with Gasteiger partial charge in [-0.25, -0.2) is 4.39 Å². The van der Waals surface area contributed by atoms with E-state index in [0.29, 0.717) is 28.5 Å². The van der Waals surface area contributed by atoms with Crippen molar-refractivity contribution in [2.45, 2.75) is 6.61 Å². The highest BCUT2D eigenvalue weighted by Gasteiger charge is 2.12. The van der Waals surface area contributed by atoms with E-state index in [4.69, 9.17) is 15.2 Å². The third-order valence-electron chi connectivity index (χ3n) is 4.89. The highest BCUT2D eigenvalue weighted by Crippen LogP contribution is 2.28. The van der Waals surface area contributed by atoms with E-state index in [-0.39, 0.29) is 12.3 Å². The predicted octanol–water partition coefficient (Wildman–Crippen LogP) is 3.65. The van der Waals surface area contributed by atoms with Gasteiger partial charge in [0.1, 0.15) is 23.9 Å². The lowest BCUT2D eigenvalue weighted by molar-refractivity contribution is 0.296. The Morgan fingerprint density at radius 2 is 1.94 bits per heavy atom. The number of rotatable bonds is 5. The molecule has 5 aromatic rings. The van der Waals surface area contributed by atoms with Gasteiger partial charge < -0.3 is 15.2 Å². The maximum absolute atomic E-state index is 13.9. The molecule has 0 bridgehead atoms. The summed E-state index contributed by atoms with van der Waals surface area (Å²) >= 11 is 0. The first-order valence-corrected chi connectivity index (χ1v) is 9.44. The number of aromatic nitrogens is 5. The first-order chi connectivity index (χ1) is 15.1. The number of anilines is 1. The Morgan fingerprint density at radius 1 is 1.03 bits per heavy atom. The van der Waals surface area contributed by atoms with Gasteiger partial charge in [0.2, 0.25) is 0 Å². The average molecular weight is 416 g/mol. The molecular weight excluding hydrogens is 399 g/mol. The molecule has 2 N–H and O–H groups in total. The van der Waals surface area contributed by atoms with Crippen LogP contribution in [-0.4, -0.2) is 31.9 Å². The van der Waals surface area contributed by atoms with Crippen LogP contribution < -0.4 is 15.2 Å². The van der Waals surface area contributed by atoms with Crippen molar-refractivity contribution in [2.75, 3.05) is 12.8 Å². The van der Waals surface area contributed by atoms with Gasteiger partial charge in [-0.1, -0.05) is 6.07 Å². The molecule has 9 heteroatoms. The highest BCUT2D eigenvalue weighted by molar-refractivity contribution is 5.85. The Bertz CT molecular complexity index is 1420. The fourth-order valence-corrected chi connectivity index (χ4v) is 3.26. The molecule has 0 unspecified atom stereocenters. The van der Waals surface area contributed by atoms with Crippen LogP contribution in [0.25, 0.3) is 27.8 Å². The van der Waals surface area contributed by atoms with E-state index < -0.39 is 5.82 Å². The molecule has 0 aliphatic heterocycles. The van der Waals surface area contributed by atoms with Gasteiger partial charge in [-0.05, 0) is 42.5 Å². The van der Waals surface area contributed by atoms with Crippen molar-refractivity contribution in [2.24, 2.45) is 0 Å².